The number of hydrogen-bond acceptors (Lipinski definition) is 2. The van der Waals surface area contributed by atoms with Gasteiger partial charge in [-0.25, -0.2) is 0 Å². The third-order valence-electron chi connectivity index (χ3n) is 0.977. The Kier molecular flexibility index (Phi) is 4.03. The zero-order valence-corrected chi connectivity index (χ0v) is 8.57. The second kappa shape index (κ2) is 3.69. The van der Waals surface area contributed by atoms with Gasteiger partial charge in [-0.3, -0.25) is 0 Å². The molecule has 0 fully saturated rings. The van der Waals surface area contributed by atoms with E-state index in [1.165, 1.54) is 0 Å². The summed E-state index contributed by atoms with van der Waals surface area (Å²) < 4.78 is 16.0. The second-order valence-electron chi connectivity index (χ2n) is 1.75. The average Bonchev–Trinajstić information content (AvgIpc) is 1.67. The first-order valence-electron chi connectivity index (χ1n) is 2.83. The standard InChI is InChI=1S/C4H10O2P.Al.2H/c1-3-6-7(5)4-2;;;/h3-4H2,1-2H3;;;/q+1;-1;;. The lowest BCUT2D eigenvalue weighted by molar-refractivity contribution is 0.345. The van der Waals surface area contributed by atoms with Gasteiger partial charge in [0.15, 0.2) is 0 Å². The molecule has 0 aliphatic heterocycles. The molecule has 4 heteroatoms. The van der Waals surface area contributed by atoms with E-state index in [0.29, 0.717) is 28.6 Å². The Labute approximate surface area is 58.1 Å². The van der Waals surface area contributed by atoms with Gasteiger partial charge in [0.1, 0.15) is 6.02 Å². The van der Waals surface area contributed by atoms with E-state index in [4.69, 9.17) is 4.52 Å². The van der Waals surface area contributed by atoms with Gasteiger partial charge in [0.25, 0.3) is 0 Å². The van der Waals surface area contributed by atoms with Crippen LogP contribution in [0.4, 0.5) is 0 Å². The third-order valence-corrected chi connectivity index (χ3v) is 5.60. The van der Waals surface area contributed by atoms with Crippen molar-refractivity contribution in [2.45, 2.75) is 13.8 Å². The SMILES string of the molecule is CCO[P](=O)([AlH2])CC. The van der Waals surface area contributed by atoms with Crippen LogP contribution in [0.5, 0.6) is 0 Å². The molecule has 0 saturated carbocycles. The third kappa shape index (κ3) is 3.69. The number of rotatable bonds is 3. The van der Waals surface area contributed by atoms with Crippen LogP contribution >= 0.6 is 6.02 Å². The van der Waals surface area contributed by atoms with Crippen molar-refractivity contribution in [2.24, 2.45) is 0 Å². The molecule has 0 aromatic carbocycles. The maximum Gasteiger partial charge on any atom is 0.358 e. The molecule has 0 radical (unpaired) electrons. The molecule has 0 N–H and O–H groups in total. The molecular formula is C4H12AlO2P. The summed E-state index contributed by atoms with van der Waals surface area (Å²) >= 11 is 0.692. The second-order valence-corrected chi connectivity index (χ2v) is 8.76. The maximum atomic E-state index is 11.0. The summed E-state index contributed by atoms with van der Waals surface area (Å²) in [7, 11) is 0. The fourth-order valence-electron chi connectivity index (χ4n) is 0.364. The summed E-state index contributed by atoms with van der Waals surface area (Å²) in [5.74, 6) is 0. The fraction of sp³-hybridized carbons (Fsp3) is 1.00. The summed E-state index contributed by atoms with van der Waals surface area (Å²) in [6.45, 7) is 4.37. The van der Waals surface area contributed by atoms with Crippen molar-refractivity contribution < 1.29 is 9.09 Å². The highest BCUT2D eigenvalue weighted by atomic mass is 31.4. The molecule has 0 aliphatic rings. The van der Waals surface area contributed by atoms with Crippen molar-refractivity contribution in [3.8, 4) is 0 Å². The van der Waals surface area contributed by atoms with Gasteiger partial charge in [-0.15, -0.1) is 0 Å². The van der Waals surface area contributed by atoms with Crippen molar-refractivity contribution in [3.63, 3.8) is 0 Å². The van der Waals surface area contributed by atoms with Crippen LogP contribution in [0.15, 0.2) is 0 Å². The Hall–Kier alpha value is 0.722. The van der Waals surface area contributed by atoms with E-state index in [0.717, 1.165) is 0 Å². The molecular weight excluding hydrogens is 138 g/mol. The lowest BCUT2D eigenvalue weighted by atomic mass is 10.9. The molecule has 1 atom stereocenters. The topological polar surface area (TPSA) is 26.3 Å². The molecule has 0 amide bonds. The molecule has 1 unspecified atom stereocenters. The van der Waals surface area contributed by atoms with Gasteiger partial charge >= 0.3 is 15.8 Å². The minimum Gasteiger partial charge on any atom is -0.343 e. The molecule has 8 heavy (non-hydrogen) atoms. The monoisotopic (exact) mass is 150 g/mol. The molecule has 0 bridgehead atoms. The first-order chi connectivity index (χ1) is 3.62. The van der Waals surface area contributed by atoms with Crippen LogP contribution in [-0.2, 0) is 9.09 Å². The molecule has 0 spiro atoms. The van der Waals surface area contributed by atoms with Gasteiger partial charge in [0.05, 0.1) is 0 Å². The molecule has 0 aromatic rings. The molecule has 0 saturated heterocycles. The van der Waals surface area contributed by atoms with Crippen molar-refractivity contribution >= 4 is 21.9 Å². The summed E-state index contributed by atoms with van der Waals surface area (Å²) in [6, 6.07) is -2.03. The van der Waals surface area contributed by atoms with Crippen molar-refractivity contribution in [2.75, 3.05) is 12.8 Å². The van der Waals surface area contributed by atoms with Gasteiger partial charge < -0.3 is 9.09 Å². The highest BCUT2D eigenvalue weighted by molar-refractivity contribution is 7.83. The van der Waals surface area contributed by atoms with E-state index in [1.54, 1.807) is 0 Å². The minimum absolute atomic E-state index is 0.592. The Bertz CT molecular complexity index is 104. The van der Waals surface area contributed by atoms with E-state index < -0.39 is 6.02 Å². The quantitative estimate of drug-likeness (QED) is 0.440. The van der Waals surface area contributed by atoms with Crippen LogP contribution in [0.25, 0.3) is 0 Å². The predicted molar refractivity (Wildman–Crippen MR) is 38.3 cm³/mol. The first-order valence-corrected chi connectivity index (χ1v) is 7.77. The lowest BCUT2D eigenvalue weighted by Crippen LogP contribution is -1.90. The molecule has 48 valence electrons. The molecule has 0 heterocycles. The Morgan fingerprint density at radius 2 is 2.12 bits per heavy atom. The van der Waals surface area contributed by atoms with Crippen LogP contribution in [0.1, 0.15) is 13.8 Å². The van der Waals surface area contributed by atoms with Crippen LogP contribution in [0.3, 0.4) is 0 Å². The highest BCUT2D eigenvalue weighted by Crippen LogP contribution is 2.39. The van der Waals surface area contributed by atoms with Crippen LogP contribution in [0, 0.1) is 0 Å². The molecule has 0 aromatic heterocycles. The average molecular weight is 150 g/mol. The van der Waals surface area contributed by atoms with Crippen LogP contribution < -0.4 is 0 Å². The Balaban J connectivity index is 3.55. The van der Waals surface area contributed by atoms with E-state index in [1.807, 2.05) is 13.8 Å². The van der Waals surface area contributed by atoms with Gasteiger partial charge in [0.2, 0.25) is 0 Å². The van der Waals surface area contributed by atoms with E-state index >= 15 is 0 Å². The van der Waals surface area contributed by atoms with E-state index in [9.17, 15) is 4.57 Å². The van der Waals surface area contributed by atoms with Gasteiger partial charge in [0, 0.05) is 12.8 Å². The van der Waals surface area contributed by atoms with Crippen LogP contribution in [-0.4, -0.2) is 28.6 Å². The predicted octanol–water partition coefficient (Wildman–Crippen LogP) is 0.869. The summed E-state index contributed by atoms with van der Waals surface area (Å²) in [4.78, 5) is 0. The largest absolute Gasteiger partial charge is 0.358 e. The zero-order valence-electron chi connectivity index (χ0n) is 5.68. The smallest absolute Gasteiger partial charge is 0.343 e. The molecule has 0 rings (SSSR count). The van der Waals surface area contributed by atoms with E-state index in [2.05, 4.69) is 0 Å². The summed E-state index contributed by atoms with van der Waals surface area (Å²) in [5, 5.41) is 0. The minimum atomic E-state index is -2.03. The molecule has 2 nitrogen and oxygen atoms in total. The maximum absolute atomic E-state index is 11.0. The fourth-order valence-corrected chi connectivity index (χ4v) is 1.87. The highest BCUT2D eigenvalue weighted by Gasteiger charge is 2.08. The van der Waals surface area contributed by atoms with Crippen LogP contribution in [0.2, 0.25) is 0 Å². The molecule has 0 aliphatic carbocycles. The zero-order chi connectivity index (χ0) is 6.62. The Morgan fingerprint density at radius 1 is 1.62 bits per heavy atom. The van der Waals surface area contributed by atoms with Crippen molar-refractivity contribution in [1.29, 1.82) is 0 Å². The Morgan fingerprint density at radius 3 is 2.25 bits per heavy atom. The normalized spacial score (nSPS) is 17.8. The van der Waals surface area contributed by atoms with Gasteiger partial charge in [-0.05, 0) is 6.92 Å². The summed E-state index contributed by atoms with van der Waals surface area (Å²) in [5.41, 5.74) is 0. The number of hydrogen-bond donors (Lipinski definition) is 0. The van der Waals surface area contributed by atoms with E-state index in [-0.39, 0.29) is 0 Å². The summed E-state index contributed by atoms with van der Waals surface area (Å²) in [6.07, 6.45) is 0.701. The first kappa shape index (κ1) is 8.72. The van der Waals surface area contributed by atoms with Gasteiger partial charge in [-0.2, -0.15) is 0 Å². The lowest BCUT2D eigenvalue weighted by Gasteiger charge is -2.09. The van der Waals surface area contributed by atoms with Gasteiger partial charge in [-0.1, -0.05) is 6.92 Å². The van der Waals surface area contributed by atoms with Crippen molar-refractivity contribution in [1.82, 2.24) is 0 Å². The van der Waals surface area contributed by atoms with Crippen molar-refractivity contribution in [3.05, 3.63) is 0 Å².